The molecule has 2 aromatic rings. The highest BCUT2D eigenvalue weighted by Gasteiger charge is 2.11. The van der Waals surface area contributed by atoms with Gasteiger partial charge in [-0.05, 0) is 55.7 Å². The van der Waals surface area contributed by atoms with Crippen molar-refractivity contribution in [3.63, 3.8) is 0 Å². The maximum Gasteiger partial charge on any atom is 0.226 e. The van der Waals surface area contributed by atoms with E-state index in [1.807, 2.05) is 31.2 Å². The number of amides is 1. The minimum Gasteiger partial charge on any atom is -0.385 e. The molecule has 24 heavy (non-hydrogen) atoms. The Balaban J connectivity index is 1.44. The summed E-state index contributed by atoms with van der Waals surface area (Å²) < 4.78 is 0. The van der Waals surface area contributed by atoms with Gasteiger partial charge in [0.2, 0.25) is 5.91 Å². The Morgan fingerprint density at radius 1 is 1.04 bits per heavy atom. The molecule has 0 unspecified atom stereocenters. The smallest absolute Gasteiger partial charge is 0.226 e. The van der Waals surface area contributed by atoms with Crippen LogP contribution in [0.15, 0.2) is 48.5 Å². The van der Waals surface area contributed by atoms with Gasteiger partial charge >= 0.3 is 0 Å². The lowest BCUT2D eigenvalue weighted by Gasteiger charge is -2.18. The molecule has 0 spiro atoms. The second kappa shape index (κ2) is 7.86. The molecule has 0 atom stereocenters. The van der Waals surface area contributed by atoms with E-state index in [0.717, 1.165) is 30.0 Å². The van der Waals surface area contributed by atoms with Crippen molar-refractivity contribution in [1.29, 1.82) is 0 Å². The summed E-state index contributed by atoms with van der Waals surface area (Å²) in [5.41, 5.74) is 4.31. The van der Waals surface area contributed by atoms with Crippen LogP contribution in [0.1, 0.15) is 24.8 Å². The predicted octanol–water partition coefficient (Wildman–Crippen LogP) is 4.04. The van der Waals surface area contributed by atoms with Gasteiger partial charge in [-0.3, -0.25) is 4.79 Å². The zero-order chi connectivity index (χ0) is 16.8. The van der Waals surface area contributed by atoms with Crippen LogP contribution in [0.2, 0.25) is 0 Å². The summed E-state index contributed by atoms with van der Waals surface area (Å²) in [6.07, 6.45) is 3.02. The number of carbonyl (C=O) groups is 1. The number of para-hydroxylation sites is 1. The first kappa shape index (κ1) is 16.4. The fourth-order valence-corrected chi connectivity index (χ4v) is 3.01. The highest BCUT2D eigenvalue weighted by Crippen LogP contribution is 2.22. The Morgan fingerprint density at radius 3 is 2.46 bits per heavy atom. The van der Waals surface area contributed by atoms with Crippen LogP contribution in [0.3, 0.4) is 0 Å². The van der Waals surface area contributed by atoms with E-state index in [2.05, 4.69) is 39.8 Å². The van der Waals surface area contributed by atoms with Crippen molar-refractivity contribution in [2.45, 2.75) is 26.2 Å². The van der Waals surface area contributed by atoms with Gasteiger partial charge < -0.3 is 15.5 Å². The molecule has 0 aromatic heterocycles. The number of nitrogens with zero attached hydrogens (tertiary/aromatic N) is 1. The zero-order valence-corrected chi connectivity index (χ0v) is 14.2. The van der Waals surface area contributed by atoms with Crippen molar-refractivity contribution < 1.29 is 4.79 Å². The normalized spacial score (nSPS) is 13.8. The largest absolute Gasteiger partial charge is 0.385 e. The molecule has 1 aliphatic rings. The van der Waals surface area contributed by atoms with Crippen LogP contribution >= 0.6 is 0 Å². The van der Waals surface area contributed by atoms with E-state index in [1.165, 1.54) is 18.5 Å². The maximum atomic E-state index is 12.0. The second-order valence-corrected chi connectivity index (χ2v) is 6.28. The van der Waals surface area contributed by atoms with Crippen LogP contribution < -0.4 is 15.5 Å². The molecule has 0 bridgehead atoms. The summed E-state index contributed by atoms with van der Waals surface area (Å²) in [6, 6.07) is 16.3. The fraction of sp³-hybridized carbons (Fsp3) is 0.350. The number of benzene rings is 2. The van der Waals surface area contributed by atoms with Gasteiger partial charge in [-0.15, -0.1) is 0 Å². The van der Waals surface area contributed by atoms with Crippen LogP contribution in [0, 0.1) is 6.92 Å². The van der Waals surface area contributed by atoms with Crippen molar-refractivity contribution in [2.75, 3.05) is 35.2 Å². The molecule has 3 rings (SSSR count). The Hall–Kier alpha value is -2.49. The number of aryl methyl sites for hydroxylation is 1. The van der Waals surface area contributed by atoms with Crippen LogP contribution in [-0.4, -0.2) is 25.5 Å². The average Bonchev–Trinajstić information content (AvgIpc) is 3.12. The molecule has 2 aromatic carbocycles. The van der Waals surface area contributed by atoms with Gasteiger partial charge in [0.25, 0.3) is 0 Å². The van der Waals surface area contributed by atoms with E-state index in [1.54, 1.807) is 0 Å². The minimum atomic E-state index is 0.0329. The molecule has 1 heterocycles. The summed E-state index contributed by atoms with van der Waals surface area (Å²) in [5, 5.41) is 6.27. The third-order valence-corrected chi connectivity index (χ3v) is 4.44. The first-order chi connectivity index (χ1) is 11.7. The summed E-state index contributed by atoms with van der Waals surface area (Å²) in [4.78, 5) is 14.4. The quantitative estimate of drug-likeness (QED) is 0.843. The zero-order valence-electron chi connectivity index (χ0n) is 14.2. The molecule has 1 aliphatic heterocycles. The predicted molar refractivity (Wildman–Crippen MR) is 101 cm³/mol. The van der Waals surface area contributed by atoms with Crippen molar-refractivity contribution in [3.05, 3.63) is 54.1 Å². The van der Waals surface area contributed by atoms with E-state index < -0.39 is 0 Å². The Labute approximate surface area is 143 Å². The number of hydrogen-bond donors (Lipinski definition) is 2. The monoisotopic (exact) mass is 323 g/mol. The topological polar surface area (TPSA) is 44.4 Å². The number of carbonyl (C=O) groups excluding carboxylic acids is 1. The second-order valence-electron chi connectivity index (χ2n) is 6.28. The van der Waals surface area contributed by atoms with Gasteiger partial charge in [-0.25, -0.2) is 0 Å². The highest BCUT2D eigenvalue weighted by atomic mass is 16.1. The lowest BCUT2D eigenvalue weighted by atomic mass is 10.2. The molecule has 4 heteroatoms. The molecule has 1 fully saturated rings. The van der Waals surface area contributed by atoms with Gasteiger partial charge in [-0.2, -0.15) is 0 Å². The van der Waals surface area contributed by atoms with Gasteiger partial charge in [-0.1, -0.05) is 18.2 Å². The van der Waals surface area contributed by atoms with E-state index in [-0.39, 0.29) is 5.91 Å². The number of anilines is 3. The highest BCUT2D eigenvalue weighted by molar-refractivity contribution is 5.91. The van der Waals surface area contributed by atoms with Crippen LogP contribution in [0.25, 0.3) is 0 Å². The standard InChI is InChI=1S/C20H25N3O/c1-16-6-2-3-7-19(16)22-20(24)12-13-21-17-8-10-18(11-9-17)23-14-4-5-15-23/h2-3,6-11,21H,4-5,12-15H2,1H3,(H,22,24). The Morgan fingerprint density at radius 2 is 1.75 bits per heavy atom. The van der Waals surface area contributed by atoms with E-state index >= 15 is 0 Å². The average molecular weight is 323 g/mol. The third kappa shape index (κ3) is 4.28. The van der Waals surface area contributed by atoms with Crippen LogP contribution in [0.5, 0.6) is 0 Å². The Bertz CT molecular complexity index is 676. The molecular weight excluding hydrogens is 298 g/mol. The fourth-order valence-electron chi connectivity index (χ4n) is 3.01. The lowest BCUT2D eigenvalue weighted by Crippen LogP contribution is -2.18. The summed E-state index contributed by atoms with van der Waals surface area (Å²) in [7, 11) is 0. The molecule has 1 amide bonds. The molecule has 4 nitrogen and oxygen atoms in total. The molecule has 0 radical (unpaired) electrons. The minimum absolute atomic E-state index is 0.0329. The van der Waals surface area contributed by atoms with E-state index in [4.69, 9.17) is 0 Å². The van der Waals surface area contributed by atoms with Crippen molar-refractivity contribution in [1.82, 2.24) is 0 Å². The van der Waals surface area contributed by atoms with Gasteiger partial charge in [0.05, 0.1) is 0 Å². The van der Waals surface area contributed by atoms with Gasteiger partial charge in [0, 0.05) is 43.1 Å². The summed E-state index contributed by atoms with van der Waals surface area (Å²) in [6.45, 7) is 4.94. The lowest BCUT2D eigenvalue weighted by molar-refractivity contribution is -0.115. The van der Waals surface area contributed by atoms with Gasteiger partial charge in [0.1, 0.15) is 0 Å². The van der Waals surface area contributed by atoms with Crippen molar-refractivity contribution in [2.24, 2.45) is 0 Å². The summed E-state index contributed by atoms with van der Waals surface area (Å²) >= 11 is 0. The molecule has 2 N–H and O–H groups in total. The van der Waals surface area contributed by atoms with E-state index in [9.17, 15) is 4.79 Å². The van der Waals surface area contributed by atoms with Crippen LogP contribution in [0.4, 0.5) is 17.1 Å². The molecule has 0 saturated carbocycles. The first-order valence-corrected chi connectivity index (χ1v) is 8.67. The van der Waals surface area contributed by atoms with Crippen LogP contribution in [-0.2, 0) is 4.79 Å². The van der Waals surface area contributed by atoms with E-state index in [0.29, 0.717) is 13.0 Å². The SMILES string of the molecule is Cc1ccccc1NC(=O)CCNc1ccc(N2CCCC2)cc1. The third-order valence-electron chi connectivity index (χ3n) is 4.44. The molecule has 0 aliphatic carbocycles. The Kier molecular flexibility index (Phi) is 5.36. The molecule has 126 valence electrons. The van der Waals surface area contributed by atoms with Crippen molar-refractivity contribution >= 4 is 23.0 Å². The first-order valence-electron chi connectivity index (χ1n) is 8.67. The van der Waals surface area contributed by atoms with Crippen molar-refractivity contribution in [3.8, 4) is 0 Å². The summed E-state index contributed by atoms with van der Waals surface area (Å²) in [5.74, 6) is 0.0329. The number of rotatable bonds is 6. The number of nitrogens with one attached hydrogen (secondary N) is 2. The molecule has 1 saturated heterocycles. The molecular formula is C20H25N3O. The number of hydrogen-bond acceptors (Lipinski definition) is 3. The van der Waals surface area contributed by atoms with Gasteiger partial charge in [0.15, 0.2) is 0 Å². The maximum absolute atomic E-state index is 12.0.